The van der Waals surface area contributed by atoms with Gasteiger partial charge in [-0.1, -0.05) is 60.5 Å². The van der Waals surface area contributed by atoms with Crippen molar-refractivity contribution in [3.8, 4) is 0 Å². The second-order valence-corrected chi connectivity index (χ2v) is 13.7. The number of rotatable bonds is 10. The van der Waals surface area contributed by atoms with Gasteiger partial charge in [0.15, 0.2) is 0 Å². The van der Waals surface area contributed by atoms with Gasteiger partial charge >= 0.3 is 0 Å². The first-order valence-corrected chi connectivity index (χ1v) is 15.5. The van der Waals surface area contributed by atoms with Crippen molar-refractivity contribution in [1.82, 2.24) is 10.2 Å². The van der Waals surface area contributed by atoms with Crippen molar-refractivity contribution in [3.05, 3.63) is 94.0 Å². The molecule has 0 radical (unpaired) electrons. The van der Waals surface area contributed by atoms with Crippen LogP contribution in [0.3, 0.4) is 0 Å². The highest BCUT2D eigenvalue weighted by Gasteiger charge is 2.35. The van der Waals surface area contributed by atoms with Crippen molar-refractivity contribution in [3.63, 3.8) is 0 Å². The Morgan fingerprint density at radius 2 is 1.49 bits per heavy atom. The van der Waals surface area contributed by atoms with Gasteiger partial charge in [-0.25, -0.2) is 8.42 Å². The number of sulfonamides is 1. The summed E-state index contributed by atoms with van der Waals surface area (Å²) in [6.07, 6.45) is 0.343. The second kappa shape index (κ2) is 13.1. The maximum absolute atomic E-state index is 14.2. The summed E-state index contributed by atoms with van der Waals surface area (Å²) in [7, 11) is -4.13. The Labute approximate surface area is 249 Å². The number of carbonyl (C=O) groups excluding carboxylic acids is 2. The van der Waals surface area contributed by atoms with E-state index in [1.54, 1.807) is 54.6 Å². The maximum atomic E-state index is 14.2. The third-order valence-corrected chi connectivity index (χ3v) is 8.70. The van der Waals surface area contributed by atoms with Gasteiger partial charge in [-0.2, -0.15) is 0 Å². The Bertz CT molecular complexity index is 1480. The van der Waals surface area contributed by atoms with Crippen LogP contribution in [0.15, 0.2) is 71.6 Å². The second-order valence-electron chi connectivity index (χ2n) is 11.4. The van der Waals surface area contributed by atoms with Crippen molar-refractivity contribution in [1.29, 1.82) is 0 Å². The number of amides is 2. The van der Waals surface area contributed by atoms with Gasteiger partial charge in [-0.15, -0.1) is 0 Å². The van der Waals surface area contributed by atoms with E-state index in [4.69, 9.17) is 11.6 Å². The molecule has 220 valence electrons. The minimum Gasteiger partial charge on any atom is -0.350 e. The van der Waals surface area contributed by atoms with Gasteiger partial charge in [0.25, 0.3) is 10.0 Å². The highest BCUT2D eigenvalue weighted by molar-refractivity contribution is 7.92. The molecule has 0 aliphatic heterocycles. The quantitative estimate of drug-likeness (QED) is 0.302. The number of anilines is 1. The first kappa shape index (κ1) is 32.2. The summed E-state index contributed by atoms with van der Waals surface area (Å²) in [5.74, 6) is -0.797. The summed E-state index contributed by atoms with van der Waals surface area (Å²) < 4.78 is 29.3. The van der Waals surface area contributed by atoms with Crippen molar-refractivity contribution in [2.45, 2.75) is 77.9 Å². The minimum atomic E-state index is -4.13. The SMILES string of the molecule is CCC(C(=O)NC(C)(C)C)N(Cc1ccc(Cl)cc1)C(=O)CN(c1cc(C)ccc1C)S(=O)(=O)c1ccc(C)cc1. The molecule has 0 aliphatic carbocycles. The molecule has 0 bridgehead atoms. The highest BCUT2D eigenvalue weighted by Crippen LogP contribution is 2.29. The number of benzene rings is 3. The van der Waals surface area contributed by atoms with Gasteiger partial charge in [-0.3, -0.25) is 13.9 Å². The summed E-state index contributed by atoms with van der Waals surface area (Å²) in [5.41, 5.74) is 3.15. The van der Waals surface area contributed by atoms with Crippen LogP contribution in [-0.4, -0.2) is 43.3 Å². The van der Waals surface area contributed by atoms with Crippen LogP contribution >= 0.6 is 11.6 Å². The number of aryl methyl sites for hydroxylation is 3. The summed E-state index contributed by atoms with van der Waals surface area (Å²) >= 11 is 6.09. The number of nitrogens with zero attached hydrogens (tertiary/aromatic N) is 2. The van der Waals surface area contributed by atoms with E-state index >= 15 is 0 Å². The number of nitrogens with one attached hydrogen (secondary N) is 1. The molecule has 2 amide bonds. The molecular formula is C32H40ClN3O4S. The van der Waals surface area contributed by atoms with Crippen LogP contribution in [0.2, 0.25) is 5.02 Å². The molecule has 1 N–H and O–H groups in total. The Hall–Kier alpha value is -3.36. The van der Waals surface area contributed by atoms with E-state index in [0.717, 1.165) is 21.0 Å². The molecule has 3 rings (SSSR count). The maximum Gasteiger partial charge on any atom is 0.264 e. The van der Waals surface area contributed by atoms with E-state index in [-0.39, 0.29) is 17.3 Å². The Morgan fingerprint density at radius 1 is 0.902 bits per heavy atom. The van der Waals surface area contributed by atoms with Crippen LogP contribution in [0.1, 0.15) is 56.4 Å². The fraction of sp³-hybridized carbons (Fsp3) is 0.375. The molecule has 3 aromatic carbocycles. The van der Waals surface area contributed by atoms with Crippen LogP contribution in [0, 0.1) is 20.8 Å². The van der Waals surface area contributed by atoms with Crippen LogP contribution < -0.4 is 9.62 Å². The topological polar surface area (TPSA) is 86.8 Å². The molecule has 0 spiro atoms. The molecule has 3 aromatic rings. The van der Waals surface area contributed by atoms with Gasteiger partial charge in [0.1, 0.15) is 12.6 Å². The zero-order valence-corrected chi connectivity index (χ0v) is 26.4. The van der Waals surface area contributed by atoms with Gasteiger partial charge in [0.2, 0.25) is 11.8 Å². The molecule has 0 saturated carbocycles. The lowest BCUT2D eigenvalue weighted by molar-refractivity contribution is -0.141. The van der Waals surface area contributed by atoms with Gasteiger partial charge in [-0.05, 0) is 95.0 Å². The summed E-state index contributed by atoms with van der Waals surface area (Å²) in [6, 6.07) is 18.3. The Kier molecular flexibility index (Phi) is 10.3. The lowest BCUT2D eigenvalue weighted by atomic mass is 10.1. The zero-order valence-electron chi connectivity index (χ0n) is 24.9. The molecule has 0 saturated heterocycles. The molecular weight excluding hydrogens is 558 g/mol. The largest absolute Gasteiger partial charge is 0.350 e. The fourth-order valence-electron chi connectivity index (χ4n) is 4.50. The summed E-state index contributed by atoms with van der Waals surface area (Å²) in [4.78, 5) is 29.2. The molecule has 1 unspecified atom stereocenters. The molecule has 0 heterocycles. The normalized spacial score (nSPS) is 12.5. The first-order valence-electron chi connectivity index (χ1n) is 13.6. The van der Waals surface area contributed by atoms with Crippen molar-refractivity contribution < 1.29 is 18.0 Å². The average Bonchev–Trinajstić information content (AvgIpc) is 2.89. The van der Waals surface area contributed by atoms with Crippen molar-refractivity contribution in [2.24, 2.45) is 0 Å². The highest BCUT2D eigenvalue weighted by atomic mass is 35.5. The molecule has 9 heteroatoms. The van der Waals surface area contributed by atoms with E-state index in [9.17, 15) is 18.0 Å². The lowest BCUT2D eigenvalue weighted by Gasteiger charge is -2.35. The number of hydrogen-bond donors (Lipinski definition) is 1. The van der Waals surface area contributed by atoms with Crippen LogP contribution in [-0.2, 0) is 26.2 Å². The van der Waals surface area contributed by atoms with Crippen molar-refractivity contribution >= 4 is 39.1 Å². The number of carbonyl (C=O) groups is 2. The predicted molar refractivity (Wildman–Crippen MR) is 166 cm³/mol. The Balaban J connectivity index is 2.11. The molecule has 0 aromatic heterocycles. The first-order chi connectivity index (χ1) is 19.1. The van der Waals surface area contributed by atoms with E-state index < -0.39 is 34.1 Å². The predicted octanol–water partition coefficient (Wildman–Crippen LogP) is 6.18. The van der Waals surface area contributed by atoms with Crippen LogP contribution in [0.25, 0.3) is 0 Å². The lowest BCUT2D eigenvalue weighted by Crippen LogP contribution is -2.55. The molecule has 7 nitrogen and oxygen atoms in total. The summed E-state index contributed by atoms with van der Waals surface area (Å²) in [5, 5.41) is 3.53. The molecule has 1 atom stereocenters. The monoisotopic (exact) mass is 597 g/mol. The van der Waals surface area contributed by atoms with E-state index in [1.807, 2.05) is 60.6 Å². The average molecular weight is 598 g/mol. The number of hydrogen-bond acceptors (Lipinski definition) is 4. The van der Waals surface area contributed by atoms with Crippen molar-refractivity contribution in [2.75, 3.05) is 10.8 Å². The summed E-state index contributed by atoms with van der Waals surface area (Å²) in [6.45, 7) is 12.7. The molecule has 0 fully saturated rings. The van der Waals surface area contributed by atoms with Gasteiger partial charge < -0.3 is 10.2 Å². The van der Waals surface area contributed by atoms with Crippen LogP contribution in [0.4, 0.5) is 5.69 Å². The van der Waals surface area contributed by atoms with E-state index in [2.05, 4.69) is 5.32 Å². The molecule has 0 aliphatic rings. The molecule has 41 heavy (non-hydrogen) atoms. The van der Waals surface area contributed by atoms with Gasteiger partial charge in [0, 0.05) is 17.1 Å². The van der Waals surface area contributed by atoms with E-state index in [1.165, 1.54) is 4.90 Å². The minimum absolute atomic E-state index is 0.0820. The Morgan fingerprint density at radius 3 is 2.05 bits per heavy atom. The number of halogens is 1. The third-order valence-electron chi connectivity index (χ3n) is 6.67. The standard InChI is InChI=1S/C32H40ClN3O4S/c1-8-28(31(38)34-32(5,6)7)35(20-25-13-15-26(33)16-14-25)30(37)21-36(29-19-23(3)9-12-24(29)4)41(39,40)27-17-10-22(2)11-18-27/h9-19,28H,8,20-21H2,1-7H3,(H,34,38). The van der Waals surface area contributed by atoms with E-state index in [0.29, 0.717) is 22.7 Å². The smallest absolute Gasteiger partial charge is 0.264 e. The van der Waals surface area contributed by atoms with Gasteiger partial charge in [0.05, 0.1) is 10.6 Å². The van der Waals surface area contributed by atoms with Crippen LogP contribution in [0.5, 0.6) is 0 Å². The third kappa shape index (κ3) is 8.33. The zero-order chi connectivity index (χ0) is 30.5. The fourth-order valence-corrected chi connectivity index (χ4v) is 6.09.